The molecule has 0 bridgehead atoms. The molecule has 0 aliphatic rings. The van der Waals surface area contributed by atoms with Crippen LogP contribution in [0.15, 0.2) is 24.3 Å². The molecule has 1 rings (SSSR count). The monoisotopic (exact) mass is 210 g/mol. The molecule has 1 aromatic carbocycles. The first kappa shape index (κ1) is 11.5. The summed E-state index contributed by atoms with van der Waals surface area (Å²) in [5, 5.41) is 5.44. The standard InChI is InChI=1S/C11H15FN2O/c1-8(2)14-11(15)7-13-10-6-4-3-5-9(10)12/h3-6,8,13H,7H2,1-2H3,(H,14,15). The summed E-state index contributed by atoms with van der Waals surface area (Å²) < 4.78 is 13.1. The van der Waals surface area contributed by atoms with Gasteiger partial charge in [0.2, 0.25) is 5.91 Å². The van der Waals surface area contributed by atoms with Gasteiger partial charge in [0.15, 0.2) is 0 Å². The molecule has 0 aliphatic heterocycles. The zero-order chi connectivity index (χ0) is 11.3. The van der Waals surface area contributed by atoms with Crippen LogP contribution >= 0.6 is 0 Å². The van der Waals surface area contributed by atoms with Crippen LogP contribution in [0.5, 0.6) is 0 Å². The summed E-state index contributed by atoms with van der Waals surface area (Å²) in [6.07, 6.45) is 0. The summed E-state index contributed by atoms with van der Waals surface area (Å²) in [4.78, 5) is 11.2. The molecule has 1 amide bonds. The second kappa shape index (κ2) is 5.34. The summed E-state index contributed by atoms with van der Waals surface area (Å²) in [5.74, 6) is -0.497. The highest BCUT2D eigenvalue weighted by Gasteiger charge is 2.04. The lowest BCUT2D eigenvalue weighted by Gasteiger charge is -2.10. The topological polar surface area (TPSA) is 41.1 Å². The van der Waals surface area contributed by atoms with E-state index in [-0.39, 0.29) is 24.3 Å². The van der Waals surface area contributed by atoms with E-state index in [0.717, 1.165) is 0 Å². The Hall–Kier alpha value is -1.58. The van der Waals surface area contributed by atoms with E-state index in [2.05, 4.69) is 10.6 Å². The molecule has 82 valence electrons. The van der Waals surface area contributed by atoms with Crippen LogP contribution in [0.2, 0.25) is 0 Å². The molecule has 0 saturated carbocycles. The predicted molar refractivity (Wildman–Crippen MR) is 58.2 cm³/mol. The van der Waals surface area contributed by atoms with Gasteiger partial charge in [-0.1, -0.05) is 12.1 Å². The Labute approximate surface area is 88.7 Å². The van der Waals surface area contributed by atoms with E-state index in [1.807, 2.05) is 13.8 Å². The maximum absolute atomic E-state index is 13.1. The van der Waals surface area contributed by atoms with Crippen molar-refractivity contribution >= 4 is 11.6 Å². The molecule has 3 nitrogen and oxygen atoms in total. The number of carbonyl (C=O) groups excluding carboxylic acids is 1. The van der Waals surface area contributed by atoms with Gasteiger partial charge in [-0.25, -0.2) is 4.39 Å². The van der Waals surface area contributed by atoms with Gasteiger partial charge in [-0.05, 0) is 26.0 Å². The molecule has 0 radical (unpaired) electrons. The maximum Gasteiger partial charge on any atom is 0.239 e. The Morgan fingerprint density at radius 2 is 2.07 bits per heavy atom. The third-order valence-electron chi connectivity index (χ3n) is 1.76. The molecular weight excluding hydrogens is 195 g/mol. The lowest BCUT2D eigenvalue weighted by atomic mass is 10.3. The van der Waals surface area contributed by atoms with E-state index in [1.165, 1.54) is 6.07 Å². The smallest absolute Gasteiger partial charge is 0.239 e. The Kier molecular flexibility index (Phi) is 4.09. The lowest BCUT2D eigenvalue weighted by Crippen LogP contribution is -2.34. The van der Waals surface area contributed by atoms with Gasteiger partial charge in [-0.3, -0.25) is 4.79 Å². The summed E-state index contributed by atoms with van der Waals surface area (Å²) in [7, 11) is 0. The van der Waals surface area contributed by atoms with Crippen LogP contribution in [0.4, 0.5) is 10.1 Å². The molecule has 2 N–H and O–H groups in total. The molecule has 0 aromatic heterocycles. The fraction of sp³-hybridized carbons (Fsp3) is 0.364. The fourth-order valence-corrected chi connectivity index (χ4v) is 1.15. The van der Waals surface area contributed by atoms with Crippen LogP contribution in [-0.2, 0) is 4.79 Å². The minimum absolute atomic E-state index is 0.0825. The SMILES string of the molecule is CC(C)NC(=O)CNc1ccccc1F. The zero-order valence-corrected chi connectivity index (χ0v) is 8.88. The van der Waals surface area contributed by atoms with Crippen molar-refractivity contribution in [1.82, 2.24) is 5.32 Å². The van der Waals surface area contributed by atoms with Crippen LogP contribution < -0.4 is 10.6 Å². The van der Waals surface area contributed by atoms with Crippen molar-refractivity contribution in [2.45, 2.75) is 19.9 Å². The van der Waals surface area contributed by atoms with Gasteiger partial charge in [0.1, 0.15) is 5.82 Å². The Bertz CT molecular complexity index is 339. The Morgan fingerprint density at radius 1 is 1.40 bits per heavy atom. The van der Waals surface area contributed by atoms with Crippen LogP contribution in [0, 0.1) is 5.82 Å². The number of amides is 1. The molecule has 1 aromatic rings. The van der Waals surface area contributed by atoms with Crippen molar-refractivity contribution in [3.63, 3.8) is 0 Å². The van der Waals surface area contributed by atoms with E-state index < -0.39 is 0 Å². The molecule has 15 heavy (non-hydrogen) atoms. The Morgan fingerprint density at radius 3 is 2.67 bits per heavy atom. The van der Waals surface area contributed by atoms with E-state index >= 15 is 0 Å². The molecule has 0 heterocycles. The average Bonchev–Trinajstić information content (AvgIpc) is 2.15. The molecule has 4 heteroatoms. The van der Waals surface area contributed by atoms with Gasteiger partial charge in [0.25, 0.3) is 0 Å². The highest BCUT2D eigenvalue weighted by atomic mass is 19.1. The third kappa shape index (κ3) is 3.97. The van der Waals surface area contributed by atoms with Crippen LogP contribution in [0.1, 0.15) is 13.8 Å². The fourth-order valence-electron chi connectivity index (χ4n) is 1.15. The number of benzene rings is 1. The number of nitrogens with one attached hydrogen (secondary N) is 2. The number of hydrogen-bond acceptors (Lipinski definition) is 2. The summed E-state index contributed by atoms with van der Waals surface area (Å²) in [6, 6.07) is 6.36. The summed E-state index contributed by atoms with van der Waals surface area (Å²) in [5.41, 5.74) is 0.344. The number of carbonyl (C=O) groups is 1. The molecule has 0 saturated heterocycles. The largest absolute Gasteiger partial charge is 0.374 e. The van der Waals surface area contributed by atoms with E-state index in [9.17, 15) is 9.18 Å². The highest BCUT2D eigenvalue weighted by Crippen LogP contribution is 2.11. The van der Waals surface area contributed by atoms with Gasteiger partial charge >= 0.3 is 0 Å². The van der Waals surface area contributed by atoms with Crippen LogP contribution in [0.25, 0.3) is 0 Å². The predicted octanol–water partition coefficient (Wildman–Crippen LogP) is 1.76. The minimum Gasteiger partial charge on any atom is -0.374 e. The number of para-hydroxylation sites is 1. The van der Waals surface area contributed by atoms with Crippen LogP contribution in [-0.4, -0.2) is 18.5 Å². The number of rotatable bonds is 4. The van der Waals surface area contributed by atoms with Crippen LogP contribution in [0.3, 0.4) is 0 Å². The quantitative estimate of drug-likeness (QED) is 0.795. The molecule has 0 fully saturated rings. The Balaban J connectivity index is 2.44. The van der Waals surface area contributed by atoms with E-state index in [4.69, 9.17) is 0 Å². The van der Waals surface area contributed by atoms with Gasteiger partial charge in [0.05, 0.1) is 12.2 Å². The van der Waals surface area contributed by atoms with Gasteiger partial charge < -0.3 is 10.6 Å². The lowest BCUT2D eigenvalue weighted by molar-refractivity contribution is -0.119. The molecule has 0 spiro atoms. The van der Waals surface area contributed by atoms with Gasteiger partial charge in [0, 0.05) is 6.04 Å². The highest BCUT2D eigenvalue weighted by molar-refractivity contribution is 5.80. The first-order valence-corrected chi connectivity index (χ1v) is 4.87. The van der Waals surface area contributed by atoms with Crippen molar-refractivity contribution < 1.29 is 9.18 Å². The number of halogens is 1. The maximum atomic E-state index is 13.1. The average molecular weight is 210 g/mol. The minimum atomic E-state index is -0.352. The summed E-state index contributed by atoms with van der Waals surface area (Å²) >= 11 is 0. The first-order valence-electron chi connectivity index (χ1n) is 4.87. The molecule has 0 aliphatic carbocycles. The third-order valence-corrected chi connectivity index (χ3v) is 1.76. The normalized spacial score (nSPS) is 10.1. The summed E-state index contributed by atoms with van der Waals surface area (Å²) in [6.45, 7) is 3.83. The molecule has 0 unspecified atom stereocenters. The first-order chi connectivity index (χ1) is 7.09. The number of anilines is 1. The van der Waals surface area contributed by atoms with Crippen molar-refractivity contribution in [1.29, 1.82) is 0 Å². The second-order valence-electron chi connectivity index (χ2n) is 3.56. The van der Waals surface area contributed by atoms with Crippen molar-refractivity contribution in [3.05, 3.63) is 30.1 Å². The zero-order valence-electron chi connectivity index (χ0n) is 8.88. The van der Waals surface area contributed by atoms with Crippen molar-refractivity contribution in [3.8, 4) is 0 Å². The number of hydrogen-bond donors (Lipinski definition) is 2. The van der Waals surface area contributed by atoms with Gasteiger partial charge in [-0.15, -0.1) is 0 Å². The van der Waals surface area contributed by atoms with Crippen molar-refractivity contribution in [2.75, 3.05) is 11.9 Å². The molecular formula is C11H15FN2O. The van der Waals surface area contributed by atoms with Gasteiger partial charge in [-0.2, -0.15) is 0 Å². The van der Waals surface area contributed by atoms with E-state index in [1.54, 1.807) is 18.2 Å². The van der Waals surface area contributed by atoms with E-state index in [0.29, 0.717) is 5.69 Å². The van der Waals surface area contributed by atoms with Crippen molar-refractivity contribution in [2.24, 2.45) is 0 Å². The molecule has 0 atom stereocenters. The second-order valence-corrected chi connectivity index (χ2v) is 3.56.